The zero-order chi connectivity index (χ0) is 16.2. The Balaban J connectivity index is 1.73. The normalized spacial score (nSPS) is 21.8. The Hall–Kier alpha value is -1.92. The van der Waals surface area contributed by atoms with Crippen LogP contribution in [0, 0.1) is 0 Å². The second kappa shape index (κ2) is 7.10. The molecule has 1 aliphatic heterocycles. The van der Waals surface area contributed by atoms with Gasteiger partial charge in [0.2, 0.25) is 0 Å². The van der Waals surface area contributed by atoms with Crippen molar-refractivity contribution < 1.29 is 4.74 Å². The van der Waals surface area contributed by atoms with Gasteiger partial charge in [0, 0.05) is 45.3 Å². The molecule has 0 radical (unpaired) electrons. The zero-order valence-corrected chi connectivity index (χ0v) is 13.9. The molecule has 1 saturated heterocycles. The topological polar surface area (TPSA) is 48.1 Å². The minimum absolute atomic E-state index is 0.230. The molecule has 2 aromatic heterocycles. The van der Waals surface area contributed by atoms with E-state index in [4.69, 9.17) is 4.74 Å². The van der Waals surface area contributed by atoms with Crippen molar-refractivity contribution in [1.29, 1.82) is 0 Å². The number of rotatable bonds is 7. The van der Waals surface area contributed by atoms with Crippen LogP contribution in [0.3, 0.4) is 0 Å². The van der Waals surface area contributed by atoms with Gasteiger partial charge in [-0.1, -0.05) is 6.08 Å². The molecule has 3 rings (SSSR count). The third-order valence-electron chi connectivity index (χ3n) is 4.50. The predicted octanol–water partition coefficient (Wildman–Crippen LogP) is 1.54. The Bertz CT molecular complexity index is 647. The molecule has 1 aliphatic rings. The average Bonchev–Trinajstić information content (AvgIpc) is 3.22. The van der Waals surface area contributed by atoms with Crippen molar-refractivity contribution >= 4 is 0 Å². The van der Waals surface area contributed by atoms with Gasteiger partial charge >= 0.3 is 0 Å². The van der Waals surface area contributed by atoms with E-state index in [0.29, 0.717) is 12.6 Å². The molecule has 3 heterocycles. The molecule has 2 atom stereocenters. The minimum Gasteiger partial charge on any atom is -0.372 e. The molecule has 6 heteroatoms. The van der Waals surface area contributed by atoms with Gasteiger partial charge in [0.15, 0.2) is 0 Å². The molecule has 2 aromatic rings. The lowest BCUT2D eigenvalue weighted by molar-refractivity contribution is 0.0415. The summed E-state index contributed by atoms with van der Waals surface area (Å²) in [6.45, 7) is 6.24. The number of ether oxygens (including phenoxy) is 1. The first-order chi connectivity index (χ1) is 11.2. The van der Waals surface area contributed by atoms with Crippen molar-refractivity contribution in [3.8, 4) is 0 Å². The summed E-state index contributed by atoms with van der Waals surface area (Å²) in [6.07, 6.45) is 11.9. The number of hydrogen-bond donors (Lipinski definition) is 0. The molecule has 0 spiro atoms. The summed E-state index contributed by atoms with van der Waals surface area (Å²) >= 11 is 0. The maximum Gasteiger partial charge on any atom is 0.122 e. The van der Waals surface area contributed by atoms with Gasteiger partial charge in [-0.3, -0.25) is 9.58 Å². The van der Waals surface area contributed by atoms with Crippen molar-refractivity contribution in [3.05, 3.63) is 48.8 Å². The molecular weight excluding hydrogens is 290 g/mol. The van der Waals surface area contributed by atoms with Crippen LogP contribution in [0.25, 0.3) is 0 Å². The summed E-state index contributed by atoms with van der Waals surface area (Å²) in [7, 11) is 4.00. The third-order valence-corrected chi connectivity index (χ3v) is 4.50. The van der Waals surface area contributed by atoms with E-state index in [9.17, 15) is 0 Å². The Morgan fingerprint density at radius 2 is 2.30 bits per heavy atom. The van der Waals surface area contributed by atoms with Crippen molar-refractivity contribution in [2.45, 2.75) is 31.5 Å². The minimum atomic E-state index is 0.230. The molecule has 23 heavy (non-hydrogen) atoms. The molecule has 0 amide bonds. The van der Waals surface area contributed by atoms with E-state index in [1.54, 1.807) is 0 Å². The first-order valence-corrected chi connectivity index (χ1v) is 8.07. The Morgan fingerprint density at radius 1 is 1.43 bits per heavy atom. The van der Waals surface area contributed by atoms with Crippen LogP contribution >= 0.6 is 0 Å². The van der Waals surface area contributed by atoms with E-state index < -0.39 is 0 Å². The molecule has 0 bridgehead atoms. The first-order valence-electron chi connectivity index (χ1n) is 8.07. The number of hydrogen-bond acceptors (Lipinski definition) is 4. The highest BCUT2D eigenvalue weighted by Gasteiger charge is 2.35. The van der Waals surface area contributed by atoms with Crippen molar-refractivity contribution in [2.75, 3.05) is 13.2 Å². The summed E-state index contributed by atoms with van der Waals surface area (Å²) in [4.78, 5) is 6.94. The van der Waals surface area contributed by atoms with Crippen LogP contribution in [-0.4, -0.2) is 49.5 Å². The van der Waals surface area contributed by atoms with Crippen LogP contribution in [0.1, 0.15) is 17.8 Å². The van der Waals surface area contributed by atoms with Crippen LogP contribution < -0.4 is 0 Å². The van der Waals surface area contributed by atoms with Crippen LogP contribution in [0.15, 0.2) is 37.4 Å². The Morgan fingerprint density at radius 3 is 2.96 bits per heavy atom. The van der Waals surface area contributed by atoms with Gasteiger partial charge < -0.3 is 9.30 Å². The highest BCUT2D eigenvalue weighted by atomic mass is 16.5. The van der Waals surface area contributed by atoms with Gasteiger partial charge in [-0.05, 0) is 18.4 Å². The number of aromatic nitrogens is 4. The molecule has 6 nitrogen and oxygen atoms in total. The lowest BCUT2D eigenvalue weighted by atomic mass is 10.0. The molecule has 0 unspecified atom stereocenters. The fraction of sp³-hybridized carbons (Fsp3) is 0.529. The van der Waals surface area contributed by atoms with Crippen LogP contribution in [-0.2, 0) is 31.8 Å². The quantitative estimate of drug-likeness (QED) is 0.727. The SMILES string of the molecule is C=CCO[C@H]1CCN(Cc2nccn2C)[C@H]1Cc1cnn(C)c1. The second-order valence-electron chi connectivity index (χ2n) is 6.17. The predicted molar refractivity (Wildman–Crippen MR) is 88.9 cm³/mol. The molecule has 0 aromatic carbocycles. The molecule has 0 saturated carbocycles. The molecule has 0 N–H and O–H groups in total. The summed E-state index contributed by atoms with van der Waals surface area (Å²) in [5.74, 6) is 1.09. The van der Waals surface area contributed by atoms with E-state index in [0.717, 1.165) is 31.8 Å². The second-order valence-corrected chi connectivity index (χ2v) is 6.17. The van der Waals surface area contributed by atoms with Crippen molar-refractivity contribution in [3.63, 3.8) is 0 Å². The van der Waals surface area contributed by atoms with Crippen molar-refractivity contribution in [1.82, 2.24) is 24.2 Å². The number of aryl methyl sites for hydroxylation is 2. The van der Waals surface area contributed by atoms with Gasteiger partial charge in [0.1, 0.15) is 5.82 Å². The summed E-state index contributed by atoms with van der Waals surface area (Å²) in [5, 5.41) is 4.29. The maximum absolute atomic E-state index is 6.01. The average molecular weight is 315 g/mol. The molecule has 0 aliphatic carbocycles. The van der Waals surface area contributed by atoms with Gasteiger partial charge in [-0.2, -0.15) is 5.10 Å². The third kappa shape index (κ3) is 3.71. The lowest BCUT2D eigenvalue weighted by Gasteiger charge is -2.27. The zero-order valence-electron chi connectivity index (χ0n) is 13.9. The lowest BCUT2D eigenvalue weighted by Crippen LogP contribution is -2.38. The van der Waals surface area contributed by atoms with Crippen LogP contribution in [0.4, 0.5) is 0 Å². The number of nitrogens with zero attached hydrogens (tertiary/aromatic N) is 5. The van der Waals surface area contributed by atoms with Crippen LogP contribution in [0.2, 0.25) is 0 Å². The van der Waals surface area contributed by atoms with Gasteiger partial charge in [0.25, 0.3) is 0 Å². The highest BCUT2D eigenvalue weighted by molar-refractivity contribution is 5.09. The first kappa shape index (κ1) is 16.0. The fourth-order valence-corrected chi connectivity index (χ4v) is 3.28. The van der Waals surface area contributed by atoms with E-state index >= 15 is 0 Å². The van der Waals surface area contributed by atoms with E-state index in [1.165, 1.54) is 5.56 Å². The van der Waals surface area contributed by atoms with E-state index in [1.807, 2.05) is 43.4 Å². The number of likely N-dealkylation sites (tertiary alicyclic amines) is 1. The van der Waals surface area contributed by atoms with E-state index in [-0.39, 0.29) is 6.10 Å². The van der Waals surface area contributed by atoms with Gasteiger partial charge in [0.05, 0.1) is 25.5 Å². The smallest absolute Gasteiger partial charge is 0.122 e. The van der Waals surface area contributed by atoms with Crippen LogP contribution in [0.5, 0.6) is 0 Å². The van der Waals surface area contributed by atoms with Crippen molar-refractivity contribution in [2.24, 2.45) is 14.1 Å². The summed E-state index contributed by atoms with van der Waals surface area (Å²) < 4.78 is 9.95. The van der Waals surface area contributed by atoms with Gasteiger partial charge in [-0.15, -0.1) is 6.58 Å². The highest BCUT2D eigenvalue weighted by Crippen LogP contribution is 2.26. The number of imidazole rings is 1. The summed E-state index contributed by atoms with van der Waals surface area (Å²) in [6, 6.07) is 0.343. The molecular formula is C17H25N5O. The molecule has 1 fully saturated rings. The fourth-order valence-electron chi connectivity index (χ4n) is 3.28. The monoisotopic (exact) mass is 315 g/mol. The maximum atomic E-state index is 6.01. The Labute approximate surface area is 137 Å². The largest absolute Gasteiger partial charge is 0.372 e. The Kier molecular flexibility index (Phi) is 4.93. The summed E-state index contributed by atoms with van der Waals surface area (Å²) in [5.41, 5.74) is 1.25. The standard InChI is InChI=1S/C17H25N5O/c1-4-9-23-16-5-7-22(13-17-18-6-8-20(17)2)15(16)10-14-11-19-21(3)12-14/h4,6,8,11-12,15-16H,1,5,7,9-10,13H2,2-3H3/t15-,16-/m0/s1. The van der Waals surface area contributed by atoms with Gasteiger partial charge in [-0.25, -0.2) is 4.98 Å². The molecule has 124 valence electrons. The van der Waals surface area contributed by atoms with E-state index in [2.05, 4.69) is 32.3 Å².